The minimum atomic E-state index is -0.321. The Hall–Kier alpha value is -2.83. The van der Waals surface area contributed by atoms with Gasteiger partial charge in [0.05, 0.1) is 5.41 Å². The fraction of sp³-hybridized carbons (Fsp3) is 0.556. The van der Waals surface area contributed by atoms with Crippen LogP contribution < -0.4 is 4.74 Å². The van der Waals surface area contributed by atoms with Crippen LogP contribution in [0.2, 0.25) is 0 Å². The number of nitrogens with zero attached hydrogens (tertiary/aromatic N) is 2. The fourth-order valence-electron chi connectivity index (χ4n) is 7.23. The van der Waals surface area contributed by atoms with Crippen LogP contribution in [0, 0.1) is 29.0 Å². The molecule has 7 rings (SSSR count). The molecule has 4 aliphatic carbocycles. The van der Waals surface area contributed by atoms with Gasteiger partial charge in [-0.05, 0) is 92.7 Å². The highest BCUT2D eigenvalue weighted by atomic mass is 19.1. The summed E-state index contributed by atoms with van der Waals surface area (Å²) in [6.45, 7) is 2.39. The molecule has 34 heavy (non-hydrogen) atoms. The first kappa shape index (κ1) is 21.7. The lowest BCUT2D eigenvalue weighted by molar-refractivity contribution is -0.159. The van der Waals surface area contributed by atoms with E-state index in [4.69, 9.17) is 9.15 Å². The van der Waals surface area contributed by atoms with Crippen LogP contribution in [0.1, 0.15) is 54.8 Å². The van der Waals surface area contributed by atoms with E-state index >= 15 is 0 Å². The first-order valence-electron chi connectivity index (χ1n) is 12.5. The van der Waals surface area contributed by atoms with Crippen molar-refractivity contribution in [3.8, 4) is 5.75 Å². The first-order valence-corrected chi connectivity index (χ1v) is 12.5. The highest BCUT2D eigenvalue weighted by Crippen LogP contribution is 2.60. The number of hydrogen-bond acceptors (Lipinski definition) is 4. The molecule has 0 spiro atoms. The van der Waals surface area contributed by atoms with E-state index in [2.05, 4.69) is 0 Å². The van der Waals surface area contributed by atoms with Gasteiger partial charge in [-0.3, -0.25) is 9.59 Å². The Morgan fingerprint density at radius 2 is 1.47 bits per heavy atom. The predicted octanol–water partition coefficient (Wildman–Crippen LogP) is 4.50. The molecule has 5 aliphatic rings. The van der Waals surface area contributed by atoms with Gasteiger partial charge in [0.2, 0.25) is 5.91 Å². The van der Waals surface area contributed by atoms with Crippen LogP contribution in [0.5, 0.6) is 5.75 Å². The van der Waals surface area contributed by atoms with Gasteiger partial charge in [0.25, 0.3) is 5.91 Å². The standard InChI is InChI=1S/C27H31FN2O4/c28-21-1-3-22(4-2-21)33-17-23-5-6-24(34-23)25(31)29-7-9-30(10-8-29)26(32)27-14-18-11-19(15-27)13-20(12-18)16-27/h1-6,18-20H,7-17H2. The van der Waals surface area contributed by atoms with Crippen molar-refractivity contribution >= 4 is 11.8 Å². The highest BCUT2D eigenvalue weighted by molar-refractivity contribution is 5.92. The van der Waals surface area contributed by atoms with Crippen LogP contribution in [0.4, 0.5) is 4.39 Å². The molecular formula is C27H31FN2O4. The third-order valence-electron chi connectivity index (χ3n) is 8.41. The Morgan fingerprint density at radius 3 is 2.09 bits per heavy atom. The third-order valence-corrected chi connectivity index (χ3v) is 8.41. The van der Waals surface area contributed by atoms with E-state index in [0.29, 0.717) is 43.6 Å². The van der Waals surface area contributed by atoms with Crippen LogP contribution in [0.25, 0.3) is 0 Å². The molecule has 0 N–H and O–H groups in total. The summed E-state index contributed by atoms with van der Waals surface area (Å²) in [7, 11) is 0. The summed E-state index contributed by atoms with van der Waals surface area (Å²) < 4.78 is 24.3. The van der Waals surface area contributed by atoms with Gasteiger partial charge in [-0.2, -0.15) is 0 Å². The molecule has 1 aliphatic heterocycles. The molecule has 2 aromatic rings. The summed E-state index contributed by atoms with van der Waals surface area (Å²) in [6, 6.07) is 9.16. The van der Waals surface area contributed by atoms with Gasteiger partial charge in [0.15, 0.2) is 5.76 Å². The maximum absolute atomic E-state index is 13.6. The van der Waals surface area contributed by atoms with Crippen molar-refractivity contribution in [1.29, 1.82) is 0 Å². The number of halogens is 1. The van der Waals surface area contributed by atoms with Gasteiger partial charge in [-0.1, -0.05) is 0 Å². The predicted molar refractivity (Wildman–Crippen MR) is 123 cm³/mol. The van der Waals surface area contributed by atoms with Crippen molar-refractivity contribution in [3.05, 3.63) is 53.7 Å². The zero-order valence-electron chi connectivity index (χ0n) is 19.4. The van der Waals surface area contributed by atoms with E-state index in [1.54, 1.807) is 29.2 Å². The molecule has 180 valence electrons. The molecule has 4 saturated carbocycles. The average Bonchev–Trinajstić information content (AvgIpc) is 3.31. The molecular weight excluding hydrogens is 435 g/mol. The van der Waals surface area contributed by atoms with Crippen LogP contribution in [-0.2, 0) is 11.4 Å². The van der Waals surface area contributed by atoms with Gasteiger partial charge in [-0.25, -0.2) is 4.39 Å². The normalized spacial score (nSPS) is 30.0. The second-order valence-corrected chi connectivity index (χ2v) is 10.8. The Labute approximate surface area is 199 Å². The molecule has 7 heteroatoms. The van der Waals surface area contributed by atoms with Crippen molar-refractivity contribution in [1.82, 2.24) is 9.80 Å². The van der Waals surface area contributed by atoms with Crippen molar-refractivity contribution < 1.29 is 23.1 Å². The van der Waals surface area contributed by atoms with Crippen LogP contribution in [0.3, 0.4) is 0 Å². The van der Waals surface area contributed by atoms with Crippen LogP contribution in [-0.4, -0.2) is 47.8 Å². The Morgan fingerprint density at radius 1 is 0.882 bits per heavy atom. The number of carbonyl (C=O) groups is 2. The first-order chi connectivity index (χ1) is 16.5. The summed E-state index contributed by atoms with van der Waals surface area (Å²) in [5.41, 5.74) is -0.124. The van der Waals surface area contributed by atoms with E-state index in [1.165, 1.54) is 31.4 Å². The number of ether oxygens (including phenoxy) is 1. The Balaban J connectivity index is 1.03. The van der Waals surface area contributed by atoms with E-state index in [-0.39, 0.29) is 29.5 Å². The van der Waals surface area contributed by atoms with Gasteiger partial charge in [0, 0.05) is 26.2 Å². The average molecular weight is 467 g/mol. The second kappa shape index (κ2) is 8.43. The molecule has 1 aromatic carbocycles. The SMILES string of the molecule is O=C(c1ccc(COc2ccc(F)cc2)o1)N1CCN(C(=O)C23CC4CC(CC(C4)C2)C3)CC1. The monoisotopic (exact) mass is 466 g/mol. The molecule has 2 amide bonds. The third kappa shape index (κ3) is 3.99. The summed E-state index contributed by atoms with van der Waals surface area (Å²) in [4.78, 5) is 30.3. The van der Waals surface area contributed by atoms with Gasteiger partial charge >= 0.3 is 0 Å². The van der Waals surface area contributed by atoms with E-state index < -0.39 is 0 Å². The smallest absolute Gasteiger partial charge is 0.289 e. The molecule has 4 bridgehead atoms. The lowest BCUT2D eigenvalue weighted by atomic mass is 9.49. The van der Waals surface area contributed by atoms with Crippen molar-refractivity contribution in [2.75, 3.05) is 26.2 Å². The lowest BCUT2D eigenvalue weighted by Crippen LogP contribution is -2.58. The zero-order chi connectivity index (χ0) is 23.3. The fourth-order valence-corrected chi connectivity index (χ4v) is 7.23. The van der Waals surface area contributed by atoms with Gasteiger partial charge < -0.3 is 19.0 Å². The minimum Gasteiger partial charge on any atom is -0.486 e. The van der Waals surface area contributed by atoms with Crippen molar-refractivity contribution in [2.45, 2.75) is 45.1 Å². The van der Waals surface area contributed by atoms with Crippen molar-refractivity contribution in [2.24, 2.45) is 23.2 Å². The summed E-state index contributed by atoms with van der Waals surface area (Å²) >= 11 is 0. The Kier molecular flexibility index (Phi) is 5.38. The number of rotatable bonds is 5. The maximum Gasteiger partial charge on any atom is 0.289 e. The van der Waals surface area contributed by atoms with E-state index in [0.717, 1.165) is 37.0 Å². The largest absolute Gasteiger partial charge is 0.486 e. The molecule has 0 radical (unpaired) electrons. The second-order valence-electron chi connectivity index (χ2n) is 10.8. The quantitative estimate of drug-likeness (QED) is 0.651. The molecule has 0 atom stereocenters. The number of furan rings is 1. The number of piperazine rings is 1. The topological polar surface area (TPSA) is 63.0 Å². The molecule has 0 unspecified atom stereocenters. The summed E-state index contributed by atoms with van der Waals surface area (Å²) in [6.07, 6.45) is 7.21. The lowest BCUT2D eigenvalue weighted by Gasteiger charge is -2.57. The molecule has 6 nitrogen and oxygen atoms in total. The Bertz CT molecular complexity index is 1040. The molecule has 5 fully saturated rings. The zero-order valence-corrected chi connectivity index (χ0v) is 19.4. The van der Waals surface area contributed by atoms with E-state index in [9.17, 15) is 14.0 Å². The number of benzene rings is 1. The van der Waals surface area contributed by atoms with Gasteiger partial charge in [0.1, 0.15) is 23.9 Å². The molecule has 2 heterocycles. The van der Waals surface area contributed by atoms with Crippen LogP contribution in [0.15, 0.2) is 40.8 Å². The summed E-state index contributed by atoms with van der Waals surface area (Å²) in [5.74, 6) is 3.45. The number of amides is 2. The minimum absolute atomic E-state index is 0.124. The van der Waals surface area contributed by atoms with Crippen LogP contribution >= 0.6 is 0 Å². The highest BCUT2D eigenvalue weighted by Gasteiger charge is 2.55. The number of carbonyl (C=O) groups excluding carboxylic acids is 2. The van der Waals surface area contributed by atoms with Gasteiger partial charge in [-0.15, -0.1) is 0 Å². The number of hydrogen-bond donors (Lipinski definition) is 0. The maximum atomic E-state index is 13.6. The molecule has 1 saturated heterocycles. The summed E-state index contributed by atoms with van der Waals surface area (Å²) in [5, 5.41) is 0. The molecule has 1 aromatic heterocycles. The van der Waals surface area contributed by atoms with E-state index in [1.807, 2.05) is 4.90 Å². The van der Waals surface area contributed by atoms with Crippen molar-refractivity contribution in [3.63, 3.8) is 0 Å².